The van der Waals surface area contributed by atoms with E-state index in [-0.39, 0.29) is 22.9 Å². The number of non-ortho nitro benzene ring substituents is 1. The molecule has 0 radical (unpaired) electrons. The highest BCUT2D eigenvalue weighted by atomic mass is 79.9. The lowest BCUT2D eigenvalue weighted by Crippen LogP contribution is -2.18. The van der Waals surface area contributed by atoms with E-state index in [0.717, 1.165) is 0 Å². The first-order valence-corrected chi connectivity index (χ1v) is 10.5. The van der Waals surface area contributed by atoms with E-state index in [2.05, 4.69) is 26.5 Å². The van der Waals surface area contributed by atoms with Crippen molar-refractivity contribution in [2.75, 3.05) is 6.61 Å². The van der Waals surface area contributed by atoms with E-state index in [1.165, 1.54) is 36.5 Å². The van der Waals surface area contributed by atoms with Crippen molar-refractivity contribution in [1.29, 1.82) is 0 Å². The standard InChI is InChI=1S/C23H18BrN3O6/c1-2-32-21-13-15(14-25-26-22(28)18-5-3-4-6-19(18)24)7-12-20(21)33-23(29)16-8-10-17(11-9-16)27(30)31/h3-14H,2H2,1H3,(H,26,28)/b25-14-. The van der Waals surface area contributed by atoms with Crippen LogP contribution in [0.1, 0.15) is 33.2 Å². The molecule has 0 aliphatic heterocycles. The Kier molecular flexibility index (Phi) is 7.87. The fourth-order valence-corrected chi connectivity index (χ4v) is 3.17. The maximum absolute atomic E-state index is 12.4. The first kappa shape index (κ1) is 23.6. The van der Waals surface area contributed by atoms with Crippen LogP contribution in [0.5, 0.6) is 11.5 Å². The van der Waals surface area contributed by atoms with Gasteiger partial charge >= 0.3 is 5.97 Å². The zero-order valence-electron chi connectivity index (χ0n) is 17.4. The average Bonchev–Trinajstić information content (AvgIpc) is 2.81. The monoisotopic (exact) mass is 511 g/mol. The molecule has 0 saturated carbocycles. The zero-order chi connectivity index (χ0) is 23.8. The molecule has 0 aliphatic rings. The van der Waals surface area contributed by atoms with Gasteiger partial charge in [0, 0.05) is 16.6 Å². The molecule has 1 N–H and O–H groups in total. The number of amides is 1. The summed E-state index contributed by atoms with van der Waals surface area (Å²) in [5, 5.41) is 14.7. The average molecular weight is 512 g/mol. The highest BCUT2D eigenvalue weighted by Crippen LogP contribution is 2.29. The number of nitrogens with one attached hydrogen (secondary N) is 1. The first-order valence-electron chi connectivity index (χ1n) is 9.70. The summed E-state index contributed by atoms with van der Waals surface area (Å²) in [5.74, 6) is -0.589. The number of halogens is 1. The summed E-state index contributed by atoms with van der Waals surface area (Å²) in [4.78, 5) is 34.8. The summed E-state index contributed by atoms with van der Waals surface area (Å²) in [6.07, 6.45) is 1.43. The second kappa shape index (κ2) is 11.0. The summed E-state index contributed by atoms with van der Waals surface area (Å²) >= 11 is 3.31. The van der Waals surface area contributed by atoms with Crippen LogP contribution in [-0.4, -0.2) is 29.6 Å². The van der Waals surface area contributed by atoms with Crippen molar-refractivity contribution >= 4 is 39.7 Å². The molecule has 0 aliphatic carbocycles. The number of carbonyl (C=O) groups excluding carboxylic acids is 2. The number of nitro benzene ring substituents is 1. The number of rotatable bonds is 8. The number of benzene rings is 3. The smallest absolute Gasteiger partial charge is 0.343 e. The fraction of sp³-hybridized carbons (Fsp3) is 0.0870. The molecule has 0 aromatic heterocycles. The summed E-state index contributed by atoms with van der Waals surface area (Å²) in [5.41, 5.74) is 3.52. The second-order valence-corrected chi connectivity index (χ2v) is 7.37. The van der Waals surface area contributed by atoms with Gasteiger partial charge in [-0.2, -0.15) is 5.10 Å². The van der Waals surface area contributed by atoms with Crippen molar-refractivity contribution < 1.29 is 24.0 Å². The number of hydrazone groups is 1. The molecule has 1 amide bonds. The van der Waals surface area contributed by atoms with Crippen LogP contribution in [0.25, 0.3) is 0 Å². The van der Waals surface area contributed by atoms with Crippen LogP contribution < -0.4 is 14.9 Å². The van der Waals surface area contributed by atoms with Crippen LogP contribution in [0.2, 0.25) is 0 Å². The SMILES string of the molecule is CCOc1cc(/C=N\NC(=O)c2ccccc2Br)ccc1OC(=O)c1ccc([N+](=O)[O-])cc1. The van der Waals surface area contributed by atoms with Gasteiger partial charge in [0.25, 0.3) is 11.6 Å². The van der Waals surface area contributed by atoms with Gasteiger partial charge in [0.2, 0.25) is 0 Å². The van der Waals surface area contributed by atoms with Gasteiger partial charge in [0.15, 0.2) is 11.5 Å². The molecular weight excluding hydrogens is 494 g/mol. The topological polar surface area (TPSA) is 120 Å². The van der Waals surface area contributed by atoms with E-state index in [1.54, 1.807) is 43.3 Å². The minimum atomic E-state index is -0.687. The zero-order valence-corrected chi connectivity index (χ0v) is 18.9. The predicted octanol–water partition coefficient (Wildman–Crippen LogP) is 4.74. The molecule has 3 aromatic rings. The lowest BCUT2D eigenvalue weighted by molar-refractivity contribution is -0.384. The molecule has 33 heavy (non-hydrogen) atoms. The van der Waals surface area contributed by atoms with Gasteiger partial charge in [-0.15, -0.1) is 0 Å². The van der Waals surface area contributed by atoms with Crippen molar-refractivity contribution in [2.24, 2.45) is 5.10 Å². The molecule has 9 nitrogen and oxygen atoms in total. The third-order valence-corrected chi connectivity index (χ3v) is 4.97. The highest BCUT2D eigenvalue weighted by molar-refractivity contribution is 9.10. The lowest BCUT2D eigenvalue weighted by Gasteiger charge is -2.11. The Hall–Kier alpha value is -4.05. The third kappa shape index (κ3) is 6.23. The Labute approximate surface area is 197 Å². The van der Waals surface area contributed by atoms with Crippen LogP contribution >= 0.6 is 15.9 Å². The minimum Gasteiger partial charge on any atom is -0.490 e. The van der Waals surface area contributed by atoms with Crippen molar-refractivity contribution in [2.45, 2.75) is 6.92 Å². The first-order chi connectivity index (χ1) is 15.9. The van der Waals surface area contributed by atoms with Gasteiger partial charge in [-0.05, 0) is 70.9 Å². The minimum absolute atomic E-state index is 0.128. The van der Waals surface area contributed by atoms with Crippen LogP contribution in [0.3, 0.4) is 0 Å². The van der Waals surface area contributed by atoms with Crippen LogP contribution in [0, 0.1) is 10.1 Å². The molecule has 0 saturated heterocycles. The van der Waals surface area contributed by atoms with Crippen molar-refractivity contribution in [1.82, 2.24) is 5.43 Å². The third-order valence-electron chi connectivity index (χ3n) is 4.28. The Bertz CT molecular complexity index is 1210. The van der Waals surface area contributed by atoms with Gasteiger partial charge in [-0.1, -0.05) is 12.1 Å². The number of nitro groups is 1. The number of hydrogen-bond donors (Lipinski definition) is 1. The molecule has 0 fully saturated rings. The molecule has 3 aromatic carbocycles. The van der Waals surface area contributed by atoms with Crippen LogP contribution in [0.4, 0.5) is 5.69 Å². The van der Waals surface area contributed by atoms with Gasteiger partial charge < -0.3 is 9.47 Å². The van der Waals surface area contributed by atoms with E-state index in [4.69, 9.17) is 9.47 Å². The second-order valence-electron chi connectivity index (χ2n) is 6.51. The molecule has 0 atom stereocenters. The maximum atomic E-state index is 12.4. The quantitative estimate of drug-likeness (QED) is 0.153. The number of esters is 1. The molecule has 3 rings (SSSR count). The van der Waals surface area contributed by atoms with E-state index >= 15 is 0 Å². The predicted molar refractivity (Wildman–Crippen MR) is 125 cm³/mol. The molecule has 10 heteroatoms. The van der Waals surface area contributed by atoms with E-state index in [1.807, 2.05) is 0 Å². The van der Waals surface area contributed by atoms with E-state index in [0.29, 0.717) is 28.0 Å². The fourth-order valence-electron chi connectivity index (χ4n) is 2.71. The number of carbonyl (C=O) groups is 2. The molecule has 0 bridgehead atoms. The molecule has 0 unspecified atom stereocenters. The Morgan fingerprint density at radius 3 is 2.48 bits per heavy atom. The van der Waals surface area contributed by atoms with Crippen LogP contribution in [-0.2, 0) is 0 Å². The van der Waals surface area contributed by atoms with Crippen LogP contribution in [0.15, 0.2) is 76.3 Å². The van der Waals surface area contributed by atoms with Crippen molar-refractivity contribution in [3.63, 3.8) is 0 Å². The highest BCUT2D eigenvalue weighted by Gasteiger charge is 2.15. The van der Waals surface area contributed by atoms with Gasteiger partial charge in [0.05, 0.1) is 28.9 Å². The number of hydrogen-bond acceptors (Lipinski definition) is 7. The largest absolute Gasteiger partial charge is 0.490 e. The Morgan fingerprint density at radius 1 is 1.09 bits per heavy atom. The van der Waals surface area contributed by atoms with Gasteiger partial charge in [-0.25, -0.2) is 10.2 Å². The molecule has 0 spiro atoms. The normalized spacial score (nSPS) is 10.6. The number of nitrogens with zero attached hydrogens (tertiary/aromatic N) is 2. The summed E-state index contributed by atoms with van der Waals surface area (Å²) in [7, 11) is 0. The van der Waals surface area contributed by atoms with Gasteiger partial charge in [-0.3, -0.25) is 14.9 Å². The van der Waals surface area contributed by atoms with Gasteiger partial charge in [0.1, 0.15) is 0 Å². The molecule has 168 valence electrons. The summed E-state index contributed by atoms with van der Waals surface area (Å²) < 4.78 is 11.6. The lowest BCUT2D eigenvalue weighted by atomic mass is 10.2. The Balaban J connectivity index is 1.71. The van der Waals surface area contributed by atoms with Crippen molar-refractivity contribution in [3.8, 4) is 11.5 Å². The summed E-state index contributed by atoms with van der Waals surface area (Å²) in [6.45, 7) is 2.10. The van der Waals surface area contributed by atoms with Crippen molar-refractivity contribution in [3.05, 3.63) is 98.0 Å². The Morgan fingerprint density at radius 2 is 1.82 bits per heavy atom. The maximum Gasteiger partial charge on any atom is 0.343 e. The number of ether oxygens (including phenoxy) is 2. The molecular formula is C23H18BrN3O6. The molecule has 0 heterocycles. The van der Waals surface area contributed by atoms with E-state index < -0.39 is 10.9 Å². The van der Waals surface area contributed by atoms with E-state index in [9.17, 15) is 19.7 Å². The summed E-state index contributed by atoms with van der Waals surface area (Å²) in [6, 6.07) is 16.8.